The first-order chi connectivity index (χ1) is 21.5. The van der Waals surface area contributed by atoms with Crippen molar-refractivity contribution in [3.05, 3.63) is 53.1 Å². The molecule has 1 aromatic heterocycles. The minimum atomic E-state index is 0.0510. The number of likely N-dealkylation sites (tertiary alicyclic amines) is 1. The lowest BCUT2D eigenvalue weighted by molar-refractivity contribution is 0.111. The number of nitrogens with zero attached hydrogens (tertiary/aromatic N) is 5. The molecular formula is C34H37ClN6O3. The van der Waals surface area contributed by atoms with E-state index in [4.69, 9.17) is 35.8 Å². The van der Waals surface area contributed by atoms with Crippen molar-refractivity contribution in [2.75, 3.05) is 58.5 Å². The van der Waals surface area contributed by atoms with Gasteiger partial charge in [0.2, 0.25) is 0 Å². The first-order valence-corrected chi connectivity index (χ1v) is 15.8. The van der Waals surface area contributed by atoms with Crippen LogP contribution < -0.4 is 19.7 Å². The van der Waals surface area contributed by atoms with E-state index in [-0.39, 0.29) is 18.2 Å². The van der Waals surface area contributed by atoms with Crippen LogP contribution in [0.4, 0.5) is 5.82 Å². The topological polar surface area (TPSA) is 95.8 Å². The Balaban J connectivity index is 1.39. The number of methoxy groups -OCH3 is 1. The quantitative estimate of drug-likeness (QED) is 0.301. The SMILES string of the molecule is CO[C@@H]1C[C@H](COc2nc(N3CCNC(CC#N)C3)c3c4c(c(-c5cccc6cccc(Cl)c56)cc3n2)CCCO4)N(C)C1. The van der Waals surface area contributed by atoms with Gasteiger partial charge in [-0.1, -0.05) is 41.9 Å². The number of rotatable bonds is 7. The number of aromatic nitrogens is 2. The van der Waals surface area contributed by atoms with Crippen LogP contribution in [0.5, 0.6) is 11.8 Å². The number of hydrogen-bond donors (Lipinski definition) is 1. The Morgan fingerprint density at radius 2 is 2.00 bits per heavy atom. The molecule has 228 valence electrons. The number of nitrogens with one attached hydrogen (secondary N) is 1. The lowest BCUT2D eigenvalue weighted by Gasteiger charge is -2.35. The smallest absolute Gasteiger partial charge is 0.319 e. The molecule has 0 aliphatic carbocycles. The van der Waals surface area contributed by atoms with Gasteiger partial charge >= 0.3 is 6.01 Å². The summed E-state index contributed by atoms with van der Waals surface area (Å²) in [6, 6.07) is 17.4. The summed E-state index contributed by atoms with van der Waals surface area (Å²) < 4.78 is 18.5. The van der Waals surface area contributed by atoms with Gasteiger partial charge in [0, 0.05) is 61.3 Å². The second kappa shape index (κ2) is 12.4. The summed E-state index contributed by atoms with van der Waals surface area (Å²) >= 11 is 6.82. The monoisotopic (exact) mass is 612 g/mol. The van der Waals surface area contributed by atoms with Crippen LogP contribution in [-0.4, -0.2) is 86.6 Å². The molecule has 4 aromatic rings. The van der Waals surface area contributed by atoms with Crippen molar-refractivity contribution >= 4 is 39.1 Å². The summed E-state index contributed by atoms with van der Waals surface area (Å²) in [7, 11) is 3.86. The average molecular weight is 613 g/mol. The average Bonchev–Trinajstić information content (AvgIpc) is 3.42. The molecule has 0 bridgehead atoms. The Bertz CT molecular complexity index is 1740. The fraction of sp³-hybridized carbons (Fsp3) is 0.441. The summed E-state index contributed by atoms with van der Waals surface area (Å²) in [4.78, 5) is 14.6. The maximum absolute atomic E-state index is 9.42. The fourth-order valence-corrected chi connectivity index (χ4v) is 7.26. The molecular weight excluding hydrogens is 576 g/mol. The van der Waals surface area contributed by atoms with Crippen molar-refractivity contribution in [1.82, 2.24) is 20.2 Å². The lowest BCUT2D eigenvalue weighted by atomic mass is 9.89. The van der Waals surface area contributed by atoms with Gasteiger partial charge in [-0.15, -0.1) is 0 Å². The molecule has 3 aromatic carbocycles. The Morgan fingerprint density at radius 3 is 2.82 bits per heavy atom. The standard InChI is InChI=1S/C34H37ClN6O3/c1-40-19-24(42-2)16-23(40)20-44-34-38-29-17-27(25-8-3-6-21-7-4-10-28(35)30(21)25)26-9-5-15-43-32(26)31(29)33(39-34)41-14-13-37-22(18-41)11-12-36/h3-4,6-8,10,17,22-24,37H,5,9,11,13-16,18-20H2,1-2H3/t22?,23-,24-/m1/s1. The molecule has 0 saturated carbocycles. The third-order valence-corrected chi connectivity index (χ3v) is 9.56. The van der Waals surface area contributed by atoms with Gasteiger partial charge in [-0.05, 0) is 55.0 Å². The van der Waals surface area contributed by atoms with Gasteiger partial charge < -0.3 is 24.4 Å². The summed E-state index contributed by atoms with van der Waals surface area (Å²) in [5, 5.41) is 16.6. The predicted molar refractivity (Wildman–Crippen MR) is 173 cm³/mol. The summed E-state index contributed by atoms with van der Waals surface area (Å²) in [5.41, 5.74) is 4.06. The van der Waals surface area contributed by atoms with Crippen LogP contribution in [0, 0.1) is 11.3 Å². The van der Waals surface area contributed by atoms with Gasteiger partial charge in [0.05, 0.1) is 36.1 Å². The number of likely N-dealkylation sites (N-methyl/N-ethyl adjacent to an activating group) is 1. The zero-order chi connectivity index (χ0) is 30.2. The molecule has 3 aliphatic rings. The molecule has 7 rings (SSSR count). The van der Waals surface area contributed by atoms with E-state index in [9.17, 15) is 5.26 Å². The van der Waals surface area contributed by atoms with Crippen LogP contribution >= 0.6 is 11.6 Å². The van der Waals surface area contributed by atoms with Gasteiger partial charge in [0.1, 0.15) is 18.2 Å². The Morgan fingerprint density at radius 1 is 1.14 bits per heavy atom. The first-order valence-electron chi connectivity index (χ1n) is 15.4. The molecule has 2 saturated heterocycles. The third-order valence-electron chi connectivity index (χ3n) is 9.25. The number of fused-ring (bicyclic) bond motifs is 4. The molecule has 1 unspecified atom stereocenters. The van der Waals surface area contributed by atoms with Crippen LogP contribution in [0.2, 0.25) is 5.02 Å². The van der Waals surface area contributed by atoms with E-state index in [2.05, 4.69) is 58.6 Å². The molecule has 44 heavy (non-hydrogen) atoms. The van der Waals surface area contributed by atoms with E-state index in [0.717, 1.165) is 93.9 Å². The van der Waals surface area contributed by atoms with E-state index >= 15 is 0 Å². The normalized spacial score (nSPS) is 22.1. The molecule has 0 amide bonds. The maximum atomic E-state index is 9.42. The van der Waals surface area contributed by atoms with Gasteiger partial charge in [0.15, 0.2) is 0 Å². The number of halogens is 1. The summed E-state index contributed by atoms with van der Waals surface area (Å²) in [5.74, 6) is 1.63. The van der Waals surface area contributed by atoms with E-state index in [1.54, 1.807) is 7.11 Å². The second-order valence-corrected chi connectivity index (χ2v) is 12.4. The second-order valence-electron chi connectivity index (χ2n) is 12.0. The molecule has 2 fully saturated rings. The molecule has 4 heterocycles. The van der Waals surface area contributed by atoms with Crippen molar-refractivity contribution in [3.8, 4) is 29.0 Å². The highest BCUT2D eigenvalue weighted by Crippen LogP contribution is 2.46. The van der Waals surface area contributed by atoms with E-state index in [1.807, 2.05) is 12.1 Å². The van der Waals surface area contributed by atoms with Gasteiger partial charge in [-0.25, -0.2) is 0 Å². The molecule has 3 aliphatic heterocycles. The van der Waals surface area contributed by atoms with E-state index in [1.165, 1.54) is 0 Å². The highest BCUT2D eigenvalue weighted by Gasteiger charge is 2.32. The van der Waals surface area contributed by atoms with Crippen LogP contribution in [-0.2, 0) is 11.2 Å². The van der Waals surface area contributed by atoms with Gasteiger partial charge in [-0.3, -0.25) is 4.90 Å². The third kappa shape index (κ3) is 5.41. The first kappa shape index (κ1) is 29.1. The Labute approximate surface area is 262 Å². The molecule has 1 N–H and O–H groups in total. The van der Waals surface area contributed by atoms with Crippen molar-refractivity contribution in [2.24, 2.45) is 0 Å². The zero-order valence-corrected chi connectivity index (χ0v) is 25.9. The predicted octanol–water partition coefficient (Wildman–Crippen LogP) is 5.22. The van der Waals surface area contributed by atoms with Gasteiger partial charge in [0.25, 0.3) is 0 Å². The van der Waals surface area contributed by atoms with E-state index < -0.39 is 0 Å². The number of ether oxygens (including phenoxy) is 3. The van der Waals surface area contributed by atoms with Crippen LogP contribution in [0.25, 0.3) is 32.8 Å². The van der Waals surface area contributed by atoms with Gasteiger partial charge in [-0.2, -0.15) is 15.2 Å². The highest BCUT2D eigenvalue weighted by molar-refractivity contribution is 6.36. The van der Waals surface area contributed by atoms with Crippen LogP contribution in [0.3, 0.4) is 0 Å². The van der Waals surface area contributed by atoms with Crippen LogP contribution in [0.1, 0.15) is 24.8 Å². The summed E-state index contributed by atoms with van der Waals surface area (Å²) in [6.45, 7) is 4.14. The van der Waals surface area contributed by atoms with Crippen LogP contribution in [0.15, 0.2) is 42.5 Å². The van der Waals surface area contributed by atoms with Crippen molar-refractivity contribution in [1.29, 1.82) is 5.26 Å². The Hall–Kier alpha value is -3.68. The van der Waals surface area contributed by atoms with Crippen molar-refractivity contribution in [3.63, 3.8) is 0 Å². The minimum absolute atomic E-state index is 0.0510. The number of piperazine rings is 1. The molecule has 0 radical (unpaired) electrons. The maximum Gasteiger partial charge on any atom is 0.319 e. The van der Waals surface area contributed by atoms with Crippen molar-refractivity contribution in [2.45, 2.75) is 43.9 Å². The number of hydrogen-bond acceptors (Lipinski definition) is 9. The molecule has 10 heteroatoms. The number of benzene rings is 3. The Kier molecular flexibility index (Phi) is 8.17. The molecule has 0 spiro atoms. The molecule has 3 atom stereocenters. The summed E-state index contributed by atoms with van der Waals surface area (Å²) in [6.07, 6.45) is 3.33. The zero-order valence-electron chi connectivity index (χ0n) is 25.2. The number of nitriles is 1. The van der Waals surface area contributed by atoms with E-state index in [0.29, 0.717) is 32.2 Å². The minimum Gasteiger partial charge on any atom is -0.492 e. The largest absolute Gasteiger partial charge is 0.492 e. The fourth-order valence-electron chi connectivity index (χ4n) is 6.98. The highest BCUT2D eigenvalue weighted by atomic mass is 35.5. The lowest BCUT2D eigenvalue weighted by Crippen LogP contribution is -2.51. The molecule has 9 nitrogen and oxygen atoms in total. The number of anilines is 1. The van der Waals surface area contributed by atoms with Crippen molar-refractivity contribution < 1.29 is 14.2 Å².